The van der Waals surface area contributed by atoms with Crippen molar-refractivity contribution in [1.29, 1.82) is 0 Å². The Labute approximate surface area is 117 Å². The molecule has 2 N–H and O–H groups in total. The van der Waals surface area contributed by atoms with E-state index in [1.165, 1.54) is 6.20 Å². The van der Waals surface area contributed by atoms with Crippen LogP contribution in [-0.2, 0) is 4.79 Å². The van der Waals surface area contributed by atoms with Crippen molar-refractivity contribution in [3.8, 4) is 5.75 Å². The lowest BCUT2D eigenvalue weighted by atomic mass is 10.3. The molecule has 0 saturated heterocycles. The molecule has 18 heavy (non-hydrogen) atoms. The molecule has 0 bridgehead atoms. The summed E-state index contributed by atoms with van der Waals surface area (Å²) in [6.07, 6.45) is 3.09. The predicted octanol–water partition coefficient (Wildman–Crippen LogP) is 2.84. The third kappa shape index (κ3) is 3.48. The van der Waals surface area contributed by atoms with E-state index in [0.29, 0.717) is 20.9 Å². The molecular formula is C11H9BrClN3O2. The molecule has 0 unspecified atom stereocenters. The lowest BCUT2D eigenvalue weighted by Gasteiger charge is -2.08. The Bertz CT molecular complexity index is 545. The smallest absolute Gasteiger partial charge is 0.262 e. The van der Waals surface area contributed by atoms with E-state index in [4.69, 9.17) is 16.3 Å². The van der Waals surface area contributed by atoms with Gasteiger partial charge in [-0.15, -0.1) is 0 Å². The molecule has 0 spiro atoms. The van der Waals surface area contributed by atoms with Gasteiger partial charge in [-0.05, 0) is 34.1 Å². The summed E-state index contributed by atoms with van der Waals surface area (Å²) in [6, 6.07) is 5.08. The minimum Gasteiger partial charge on any atom is -0.483 e. The van der Waals surface area contributed by atoms with Gasteiger partial charge >= 0.3 is 0 Å². The summed E-state index contributed by atoms with van der Waals surface area (Å²) >= 11 is 9.10. The van der Waals surface area contributed by atoms with E-state index < -0.39 is 0 Å². The van der Waals surface area contributed by atoms with Crippen LogP contribution in [-0.4, -0.2) is 22.7 Å². The number of carbonyl (C=O) groups is 1. The van der Waals surface area contributed by atoms with E-state index in [9.17, 15) is 4.79 Å². The predicted molar refractivity (Wildman–Crippen MR) is 71.9 cm³/mol. The Morgan fingerprint density at radius 2 is 2.39 bits per heavy atom. The SMILES string of the molecule is O=C(COc1ccc(Cl)cc1Br)Nc1cn[nH]c1. The largest absolute Gasteiger partial charge is 0.483 e. The summed E-state index contributed by atoms with van der Waals surface area (Å²) in [5.41, 5.74) is 0.596. The quantitative estimate of drug-likeness (QED) is 0.906. The fraction of sp³-hybridized carbons (Fsp3) is 0.0909. The number of anilines is 1. The number of benzene rings is 1. The number of halogens is 2. The van der Waals surface area contributed by atoms with E-state index in [1.807, 2.05) is 0 Å². The molecule has 94 valence electrons. The second kappa shape index (κ2) is 5.88. The summed E-state index contributed by atoms with van der Waals surface area (Å²) in [7, 11) is 0. The summed E-state index contributed by atoms with van der Waals surface area (Å²) < 4.78 is 6.05. The number of hydrogen-bond acceptors (Lipinski definition) is 3. The van der Waals surface area contributed by atoms with Crippen molar-refractivity contribution in [3.05, 3.63) is 40.1 Å². The average Bonchev–Trinajstić information content (AvgIpc) is 2.80. The van der Waals surface area contributed by atoms with Crippen molar-refractivity contribution in [2.24, 2.45) is 0 Å². The van der Waals surface area contributed by atoms with E-state index >= 15 is 0 Å². The molecular weight excluding hydrogens is 321 g/mol. The number of ether oxygens (including phenoxy) is 1. The topological polar surface area (TPSA) is 67.0 Å². The molecule has 0 aliphatic heterocycles. The maximum Gasteiger partial charge on any atom is 0.262 e. The Morgan fingerprint density at radius 1 is 1.56 bits per heavy atom. The molecule has 0 aliphatic carbocycles. The van der Waals surface area contributed by atoms with E-state index in [-0.39, 0.29) is 12.5 Å². The molecule has 5 nitrogen and oxygen atoms in total. The van der Waals surface area contributed by atoms with E-state index in [1.54, 1.807) is 24.4 Å². The first kappa shape index (κ1) is 12.9. The summed E-state index contributed by atoms with van der Waals surface area (Å²) in [6.45, 7) is -0.0919. The highest BCUT2D eigenvalue weighted by atomic mass is 79.9. The van der Waals surface area contributed by atoms with Crippen LogP contribution in [0.3, 0.4) is 0 Å². The Balaban J connectivity index is 1.89. The van der Waals surface area contributed by atoms with Gasteiger partial charge in [0.1, 0.15) is 5.75 Å². The number of H-pyrrole nitrogens is 1. The van der Waals surface area contributed by atoms with Crippen molar-refractivity contribution >= 4 is 39.1 Å². The number of hydrogen-bond donors (Lipinski definition) is 2. The molecule has 0 aliphatic rings. The van der Waals surface area contributed by atoms with Gasteiger partial charge < -0.3 is 10.1 Å². The van der Waals surface area contributed by atoms with E-state index in [0.717, 1.165) is 0 Å². The third-order valence-electron chi connectivity index (χ3n) is 2.03. The molecule has 1 heterocycles. The molecule has 0 saturated carbocycles. The highest BCUT2D eigenvalue weighted by molar-refractivity contribution is 9.10. The molecule has 0 radical (unpaired) electrons. The average molecular weight is 331 g/mol. The summed E-state index contributed by atoms with van der Waals surface area (Å²) in [5.74, 6) is 0.292. The number of rotatable bonds is 4. The fourth-order valence-corrected chi connectivity index (χ4v) is 2.05. The van der Waals surface area contributed by atoms with Crippen LogP contribution in [0.4, 0.5) is 5.69 Å². The molecule has 7 heteroatoms. The van der Waals surface area contributed by atoms with Crippen LogP contribution in [0, 0.1) is 0 Å². The minimum atomic E-state index is -0.266. The number of carbonyl (C=O) groups excluding carboxylic acids is 1. The Kier molecular flexibility index (Phi) is 4.22. The number of nitrogens with one attached hydrogen (secondary N) is 2. The number of aromatic amines is 1. The van der Waals surface area contributed by atoms with Crippen LogP contribution in [0.1, 0.15) is 0 Å². The first-order valence-corrected chi connectivity index (χ1v) is 6.19. The summed E-state index contributed by atoms with van der Waals surface area (Å²) in [4.78, 5) is 11.5. The highest BCUT2D eigenvalue weighted by Gasteiger charge is 2.06. The molecule has 0 fully saturated rings. The van der Waals surface area contributed by atoms with Crippen molar-refractivity contribution in [2.75, 3.05) is 11.9 Å². The number of amides is 1. The van der Waals surface area contributed by atoms with Crippen LogP contribution >= 0.6 is 27.5 Å². The van der Waals surface area contributed by atoms with Gasteiger partial charge in [-0.2, -0.15) is 5.10 Å². The molecule has 0 atom stereocenters. The van der Waals surface area contributed by atoms with Crippen LogP contribution in [0.15, 0.2) is 35.1 Å². The lowest BCUT2D eigenvalue weighted by Crippen LogP contribution is -2.19. The standard InChI is InChI=1S/C11H9BrClN3O2/c12-9-3-7(13)1-2-10(9)18-6-11(17)16-8-4-14-15-5-8/h1-5H,6H2,(H,14,15)(H,16,17). The molecule has 2 rings (SSSR count). The van der Waals surface area contributed by atoms with Crippen LogP contribution in [0.2, 0.25) is 5.02 Å². The summed E-state index contributed by atoms with van der Waals surface area (Å²) in [5, 5.41) is 9.53. The fourth-order valence-electron chi connectivity index (χ4n) is 1.25. The van der Waals surface area contributed by atoms with Gasteiger partial charge in [-0.1, -0.05) is 11.6 Å². The molecule has 1 aromatic heterocycles. The number of nitrogens with zero attached hydrogens (tertiary/aromatic N) is 1. The van der Waals surface area contributed by atoms with Crippen molar-refractivity contribution in [1.82, 2.24) is 10.2 Å². The minimum absolute atomic E-state index is 0.0919. The molecule has 1 amide bonds. The second-order valence-corrected chi connectivity index (χ2v) is 4.69. The second-order valence-electron chi connectivity index (χ2n) is 3.40. The van der Waals surface area contributed by atoms with Crippen molar-refractivity contribution in [3.63, 3.8) is 0 Å². The lowest BCUT2D eigenvalue weighted by molar-refractivity contribution is -0.118. The van der Waals surface area contributed by atoms with Gasteiger partial charge in [0.05, 0.1) is 16.4 Å². The zero-order valence-electron chi connectivity index (χ0n) is 9.11. The van der Waals surface area contributed by atoms with Gasteiger partial charge in [0.25, 0.3) is 5.91 Å². The van der Waals surface area contributed by atoms with Gasteiger partial charge in [-0.3, -0.25) is 9.89 Å². The maximum atomic E-state index is 11.5. The zero-order valence-corrected chi connectivity index (χ0v) is 11.5. The molecule has 1 aromatic carbocycles. The van der Waals surface area contributed by atoms with Gasteiger partial charge in [-0.25, -0.2) is 0 Å². The monoisotopic (exact) mass is 329 g/mol. The van der Waals surface area contributed by atoms with Crippen LogP contribution in [0.5, 0.6) is 5.75 Å². The van der Waals surface area contributed by atoms with Crippen molar-refractivity contribution < 1.29 is 9.53 Å². The highest BCUT2D eigenvalue weighted by Crippen LogP contribution is 2.27. The Hall–Kier alpha value is -1.53. The first-order chi connectivity index (χ1) is 8.65. The Morgan fingerprint density at radius 3 is 3.06 bits per heavy atom. The van der Waals surface area contributed by atoms with E-state index in [2.05, 4.69) is 31.4 Å². The van der Waals surface area contributed by atoms with Gasteiger partial charge in [0, 0.05) is 11.2 Å². The zero-order chi connectivity index (χ0) is 13.0. The van der Waals surface area contributed by atoms with Gasteiger partial charge in [0.15, 0.2) is 6.61 Å². The van der Waals surface area contributed by atoms with Crippen LogP contribution < -0.4 is 10.1 Å². The first-order valence-electron chi connectivity index (χ1n) is 5.01. The van der Waals surface area contributed by atoms with Gasteiger partial charge in [0.2, 0.25) is 0 Å². The maximum absolute atomic E-state index is 11.5. The third-order valence-corrected chi connectivity index (χ3v) is 2.89. The normalized spacial score (nSPS) is 10.1. The van der Waals surface area contributed by atoms with Crippen LogP contribution in [0.25, 0.3) is 0 Å². The number of aromatic nitrogens is 2. The van der Waals surface area contributed by atoms with Crippen molar-refractivity contribution in [2.45, 2.75) is 0 Å². The molecule has 2 aromatic rings.